The number of amides is 2. The van der Waals surface area contributed by atoms with Crippen molar-refractivity contribution < 1.29 is 74.1 Å². The molecule has 16 atom stereocenters. The lowest BCUT2D eigenvalue weighted by molar-refractivity contribution is -0.364. The van der Waals surface area contributed by atoms with Crippen molar-refractivity contribution in [2.75, 3.05) is 19.8 Å². The Morgan fingerprint density at radius 1 is 0.762 bits per heavy atom. The van der Waals surface area contributed by atoms with Crippen LogP contribution in [0.5, 0.6) is 0 Å². The summed E-state index contributed by atoms with van der Waals surface area (Å²) in [5.74, 6) is -4.04. The zero-order valence-corrected chi connectivity index (χ0v) is 22.3. The molecule has 0 aromatic rings. The molecule has 3 rings (SSSR count). The van der Waals surface area contributed by atoms with Crippen LogP contribution in [0.25, 0.3) is 0 Å². The first kappa shape index (κ1) is 34.8. The maximum atomic E-state index is 12.2. The van der Waals surface area contributed by atoms with Gasteiger partial charge in [-0.2, -0.15) is 0 Å². The van der Waals surface area contributed by atoms with E-state index in [2.05, 4.69) is 0 Å². The van der Waals surface area contributed by atoms with Crippen LogP contribution in [0.2, 0.25) is 0 Å². The molecular weight excluding hydrogens is 574 g/mol. The second-order valence-electron chi connectivity index (χ2n) is 10.5. The predicted molar refractivity (Wildman–Crippen MR) is 133 cm³/mol. The topological polar surface area (TPSA) is 372 Å². The highest BCUT2D eigenvalue weighted by Gasteiger charge is 2.60. The standard InChI is InChI=1S/C22H41N5O15/c23-8(31)1-5(18(27)36)22(4-30)17(35)14(34)11(26)21(42-22)41-16-7(3-29)39-20(10(25)13(16)33)40-15-6(2-28)38-19(37)9(24)12(15)32/h5-7,9-17,19-21,28-30,32-35,37H,1-4,24-26H2,(H2,23,31)(H2,27,36)/t5?,6-,7-,9-,10-,11-,12-,13-,14-,15?,16?,17+,19-,20+,21+,22+/m1/s1. The Morgan fingerprint density at radius 2 is 1.26 bits per heavy atom. The van der Waals surface area contributed by atoms with Crippen molar-refractivity contribution >= 4 is 11.8 Å². The van der Waals surface area contributed by atoms with E-state index in [0.717, 1.165) is 0 Å². The van der Waals surface area contributed by atoms with Crippen LogP contribution in [0.1, 0.15) is 6.42 Å². The first-order chi connectivity index (χ1) is 19.6. The zero-order valence-electron chi connectivity index (χ0n) is 22.3. The number of hydrogen-bond donors (Lipinski definition) is 13. The summed E-state index contributed by atoms with van der Waals surface area (Å²) in [4.78, 5) is 23.8. The molecule has 3 aliphatic heterocycles. The Balaban J connectivity index is 1.84. The van der Waals surface area contributed by atoms with Crippen LogP contribution in [-0.4, -0.2) is 164 Å². The summed E-state index contributed by atoms with van der Waals surface area (Å²) in [6.45, 7) is -2.73. The number of ether oxygens (including phenoxy) is 5. The lowest BCUT2D eigenvalue weighted by Crippen LogP contribution is -2.74. The van der Waals surface area contributed by atoms with Gasteiger partial charge in [-0.3, -0.25) is 9.59 Å². The zero-order chi connectivity index (χ0) is 31.7. The van der Waals surface area contributed by atoms with E-state index in [1.165, 1.54) is 0 Å². The molecule has 0 aromatic heterocycles. The van der Waals surface area contributed by atoms with Gasteiger partial charge in [-0.1, -0.05) is 0 Å². The third-order valence-electron chi connectivity index (χ3n) is 7.86. The average Bonchev–Trinajstić information content (AvgIpc) is 2.95. The number of rotatable bonds is 11. The van der Waals surface area contributed by atoms with Crippen molar-refractivity contribution in [3.8, 4) is 0 Å². The van der Waals surface area contributed by atoms with E-state index in [4.69, 9.17) is 52.4 Å². The van der Waals surface area contributed by atoms with Gasteiger partial charge in [-0.15, -0.1) is 0 Å². The number of nitrogens with two attached hydrogens (primary N) is 5. The van der Waals surface area contributed by atoms with Gasteiger partial charge in [0.2, 0.25) is 11.8 Å². The fourth-order valence-electron chi connectivity index (χ4n) is 5.35. The van der Waals surface area contributed by atoms with Crippen molar-refractivity contribution in [2.24, 2.45) is 34.6 Å². The van der Waals surface area contributed by atoms with Crippen LogP contribution in [0.3, 0.4) is 0 Å². The van der Waals surface area contributed by atoms with Crippen LogP contribution in [0.4, 0.5) is 0 Å². The van der Waals surface area contributed by atoms with Crippen molar-refractivity contribution in [1.29, 1.82) is 0 Å². The van der Waals surface area contributed by atoms with Gasteiger partial charge in [0.25, 0.3) is 0 Å². The summed E-state index contributed by atoms with van der Waals surface area (Å²) >= 11 is 0. The maximum absolute atomic E-state index is 12.2. The second kappa shape index (κ2) is 13.9. The molecule has 2 amide bonds. The number of carbonyl (C=O) groups is 2. The molecule has 3 heterocycles. The molecule has 0 spiro atoms. The van der Waals surface area contributed by atoms with Gasteiger partial charge in [0, 0.05) is 6.42 Å². The molecule has 20 heteroatoms. The van der Waals surface area contributed by atoms with Crippen LogP contribution >= 0.6 is 0 Å². The largest absolute Gasteiger partial charge is 0.394 e. The highest BCUT2D eigenvalue weighted by Crippen LogP contribution is 2.39. The molecule has 0 aliphatic carbocycles. The van der Waals surface area contributed by atoms with Gasteiger partial charge in [-0.05, 0) is 0 Å². The Bertz CT molecular complexity index is 935. The molecule has 0 radical (unpaired) electrons. The number of aliphatic hydroxyl groups is 8. The Kier molecular flexibility index (Phi) is 11.5. The molecule has 42 heavy (non-hydrogen) atoms. The smallest absolute Gasteiger partial charge is 0.224 e. The number of carbonyl (C=O) groups excluding carboxylic acids is 2. The van der Waals surface area contributed by atoms with Crippen molar-refractivity contribution in [3.63, 3.8) is 0 Å². The van der Waals surface area contributed by atoms with Crippen LogP contribution in [0, 0.1) is 5.92 Å². The lowest BCUT2D eigenvalue weighted by Gasteiger charge is -2.52. The Hall–Kier alpha value is -1.70. The maximum Gasteiger partial charge on any atom is 0.224 e. The van der Waals surface area contributed by atoms with E-state index >= 15 is 0 Å². The molecule has 0 bridgehead atoms. The van der Waals surface area contributed by atoms with E-state index in [1.807, 2.05) is 0 Å². The minimum atomic E-state index is -2.44. The quantitative estimate of drug-likeness (QED) is 0.102. The van der Waals surface area contributed by atoms with E-state index in [0.29, 0.717) is 0 Å². The predicted octanol–water partition coefficient (Wildman–Crippen LogP) is -9.33. The van der Waals surface area contributed by atoms with Crippen molar-refractivity contribution in [3.05, 3.63) is 0 Å². The Labute approximate surface area is 238 Å². The first-order valence-corrected chi connectivity index (χ1v) is 13.0. The summed E-state index contributed by atoms with van der Waals surface area (Å²) in [6.07, 6.45) is -18.9. The molecule has 3 saturated heterocycles. The van der Waals surface area contributed by atoms with Gasteiger partial charge in [-0.25, -0.2) is 0 Å². The van der Waals surface area contributed by atoms with Gasteiger partial charge >= 0.3 is 0 Å². The third kappa shape index (κ3) is 6.53. The van der Waals surface area contributed by atoms with Crippen LogP contribution in [-0.2, 0) is 33.3 Å². The molecule has 3 unspecified atom stereocenters. The first-order valence-electron chi connectivity index (χ1n) is 13.0. The molecule has 0 saturated carbocycles. The average molecular weight is 616 g/mol. The molecule has 3 fully saturated rings. The minimum Gasteiger partial charge on any atom is -0.394 e. The van der Waals surface area contributed by atoms with Crippen molar-refractivity contribution in [1.82, 2.24) is 0 Å². The molecule has 0 aromatic carbocycles. The van der Waals surface area contributed by atoms with Crippen molar-refractivity contribution in [2.45, 2.75) is 97.8 Å². The summed E-state index contributed by atoms with van der Waals surface area (Å²) in [6, 6.07) is -4.42. The summed E-state index contributed by atoms with van der Waals surface area (Å²) < 4.78 is 27.9. The van der Waals surface area contributed by atoms with E-state index in [-0.39, 0.29) is 0 Å². The van der Waals surface area contributed by atoms with E-state index in [1.54, 1.807) is 0 Å². The number of primary amides is 2. The molecule has 18 N–H and O–H groups in total. The van der Waals surface area contributed by atoms with Gasteiger partial charge in [0.1, 0.15) is 54.4 Å². The van der Waals surface area contributed by atoms with Gasteiger partial charge in [0.15, 0.2) is 18.9 Å². The summed E-state index contributed by atoms with van der Waals surface area (Å²) in [7, 11) is 0. The molecule has 3 aliphatic rings. The van der Waals surface area contributed by atoms with Gasteiger partial charge < -0.3 is 93.2 Å². The minimum absolute atomic E-state index is 0.717. The van der Waals surface area contributed by atoms with E-state index in [9.17, 15) is 50.4 Å². The van der Waals surface area contributed by atoms with E-state index < -0.39 is 135 Å². The lowest BCUT2D eigenvalue weighted by atomic mass is 9.75. The van der Waals surface area contributed by atoms with Crippen LogP contribution in [0.15, 0.2) is 0 Å². The molecular formula is C22H41N5O15. The SMILES string of the molecule is NC(=O)CC(C(N)=O)[C@]1(CO)O[C@H](OC2[C@@H](CO)O[C@@H](OC3[C@@H](CO)O[C@@H](O)[C@H](N)[C@H]3O)[C@H](N)[C@H]2O)[C@H](N)[C@@H](O)[C@@H]1O. The number of aliphatic hydroxyl groups excluding tert-OH is 8. The monoisotopic (exact) mass is 615 g/mol. The Morgan fingerprint density at radius 3 is 1.76 bits per heavy atom. The number of hydrogen-bond acceptors (Lipinski definition) is 18. The highest BCUT2D eigenvalue weighted by atomic mass is 16.7. The fourth-order valence-corrected chi connectivity index (χ4v) is 5.35. The van der Waals surface area contributed by atoms with Crippen LogP contribution < -0.4 is 28.7 Å². The second-order valence-corrected chi connectivity index (χ2v) is 10.5. The molecule has 20 nitrogen and oxygen atoms in total. The highest BCUT2D eigenvalue weighted by molar-refractivity contribution is 5.85. The summed E-state index contributed by atoms with van der Waals surface area (Å²) in [5, 5.41) is 82.6. The van der Waals surface area contributed by atoms with Gasteiger partial charge in [0.05, 0.1) is 43.9 Å². The third-order valence-corrected chi connectivity index (χ3v) is 7.86. The fraction of sp³-hybridized carbons (Fsp3) is 0.909. The normalized spacial score (nSPS) is 47.1. The molecule has 244 valence electrons. The summed E-state index contributed by atoms with van der Waals surface area (Å²) in [5.41, 5.74) is 25.9.